The minimum Gasteiger partial charge on any atom is -0.334 e. The van der Waals surface area contributed by atoms with Gasteiger partial charge < -0.3 is 10.2 Å². The van der Waals surface area contributed by atoms with Gasteiger partial charge in [-0.1, -0.05) is 30.3 Å². The van der Waals surface area contributed by atoms with Gasteiger partial charge in [-0.3, -0.25) is 5.32 Å². The molecule has 0 bridgehead atoms. The van der Waals surface area contributed by atoms with Gasteiger partial charge in [0.1, 0.15) is 6.61 Å². The Morgan fingerprint density at radius 2 is 2.12 bits per heavy atom. The molecule has 0 atom stereocenters. The van der Waals surface area contributed by atoms with E-state index in [1.807, 2.05) is 30.3 Å². The molecule has 0 spiro atoms. The fourth-order valence-corrected chi connectivity index (χ4v) is 1.25. The Labute approximate surface area is 93.0 Å². The Morgan fingerprint density at radius 1 is 1.31 bits per heavy atom. The highest BCUT2D eigenvalue weighted by atomic mass is 17.2. The Morgan fingerprint density at radius 3 is 2.81 bits per heavy atom. The second-order valence-electron chi connectivity index (χ2n) is 3.23. The molecule has 1 aliphatic rings. The Hall–Kier alpha value is -2.01. The van der Waals surface area contributed by atoms with Crippen LogP contribution in [0.25, 0.3) is 0 Å². The molecule has 2 amide bonds. The van der Waals surface area contributed by atoms with Gasteiger partial charge in [-0.15, -0.1) is 0 Å². The summed E-state index contributed by atoms with van der Waals surface area (Å²) in [5, 5.41) is 5.21. The highest BCUT2D eigenvalue weighted by molar-refractivity contribution is 5.75. The summed E-state index contributed by atoms with van der Waals surface area (Å²) >= 11 is 0. The van der Waals surface area contributed by atoms with Crippen LogP contribution in [0.15, 0.2) is 42.3 Å². The predicted octanol–water partition coefficient (Wildman–Crippen LogP) is 1.29. The molecule has 0 aliphatic carbocycles. The summed E-state index contributed by atoms with van der Waals surface area (Å²) in [7, 11) is 0. The maximum Gasteiger partial charge on any atom is 0.321 e. The molecule has 84 valence electrons. The second kappa shape index (κ2) is 5.18. The maximum absolute atomic E-state index is 11.4. The van der Waals surface area contributed by atoms with Crippen molar-refractivity contribution >= 4 is 6.03 Å². The molecule has 1 heterocycles. The van der Waals surface area contributed by atoms with Crippen LogP contribution in [0.4, 0.5) is 4.79 Å². The first-order valence-corrected chi connectivity index (χ1v) is 4.93. The highest BCUT2D eigenvalue weighted by Crippen LogP contribution is 2.02. The zero-order valence-corrected chi connectivity index (χ0v) is 8.60. The molecule has 2 N–H and O–H groups in total. The number of carbonyl (C=O) groups excluding carboxylic acids is 1. The van der Waals surface area contributed by atoms with E-state index in [0.29, 0.717) is 19.0 Å². The van der Waals surface area contributed by atoms with Crippen molar-refractivity contribution in [3.63, 3.8) is 0 Å². The van der Waals surface area contributed by atoms with Crippen LogP contribution in [0.1, 0.15) is 5.56 Å². The standard InChI is InChI=1S/C11H12N2O3/c14-11(13-10-6-7-15-16-10)12-8-9-4-2-1-3-5-9/h1-6H,7-8H2,(H2,12,13,14). The van der Waals surface area contributed by atoms with E-state index < -0.39 is 0 Å². The monoisotopic (exact) mass is 220 g/mol. The van der Waals surface area contributed by atoms with Gasteiger partial charge in [0.15, 0.2) is 0 Å². The van der Waals surface area contributed by atoms with Crippen molar-refractivity contribution in [1.29, 1.82) is 0 Å². The molecule has 16 heavy (non-hydrogen) atoms. The smallest absolute Gasteiger partial charge is 0.321 e. The van der Waals surface area contributed by atoms with E-state index in [0.717, 1.165) is 5.56 Å². The first kappa shape index (κ1) is 10.5. The van der Waals surface area contributed by atoms with E-state index in [4.69, 9.17) is 0 Å². The zero-order valence-electron chi connectivity index (χ0n) is 8.60. The molecule has 0 aromatic heterocycles. The van der Waals surface area contributed by atoms with E-state index in [9.17, 15) is 4.79 Å². The van der Waals surface area contributed by atoms with Gasteiger partial charge in [-0.2, -0.15) is 4.89 Å². The maximum atomic E-state index is 11.4. The van der Waals surface area contributed by atoms with Crippen molar-refractivity contribution in [2.75, 3.05) is 6.61 Å². The lowest BCUT2D eigenvalue weighted by Crippen LogP contribution is -2.34. The van der Waals surface area contributed by atoms with E-state index >= 15 is 0 Å². The quantitative estimate of drug-likeness (QED) is 0.754. The van der Waals surface area contributed by atoms with E-state index in [1.165, 1.54) is 0 Å². The van der Waals surface area contributed by atoms with Crippen molar-refractivity contribution in [2.45, 2.75) is 6.54 Å². The van der Waals surface area contributed by atoms with Gasteiger partial charge in [0.25, 0.3) is 0 Å². The molecule has 0 fully saturated rings. The number of carbonyl (C=O) groups is 1. The van der Waals surface area contributed by atoms with Crippen LogP contribution < -0.4 is 10.6 Å². The van der Waals surface area contributed by atoms with Crippen LogP contribution in [0.2, 0.25) is 0 Å². The van der Waals surface area contributed by atoms with Crippen molar-refractivity contribution in [3.8, 4) is 0 Å². The molecule has 0 unspecified atom stereocenters. The lowest BCUT2D eigenvalue weighted by atomic mass is 10.2. The molecule has 5 heteroatoms. The fourth-order valence-electron chi connectivity index (χ4n) is 1.25. The van der Waals surface area contributed by atoms with Crippen molar-refractivity contribution in [1.82, 2.24) is 10.6 Å². The molecule has 5 nitrogen and oxygen atoms in total. The van der Waals surface area contributed by atoms with Gasteiger partial charge in [0.05, 0.1) is 0 Å². The summed E-state index contributed by atoms with van der Waals surface area (Å²) < 4.78 is 0. The van der Waals surface area contributed by atoms with Crippen molar-refractivity contribution < 1.29 is 14.6 Å². The molecule has 0 saturated heterocycles. The van der Waals surface area contributed by atoms with Crippen LogP contribution in [-0.4, -0.2) is 12.6 Å². The molecular weight excluding hydrogens is 208 g/mol. The number of nitrogens with one attached hydrogen (secondary N) is 2. The van der Waals surface area contributed by atoms with E-state index in [-0.39, 0.29) is 6.03 Å². The molecule has 0 radical (unpaired) electrons. The van der Waals surface area contributed by atoms with E-state index in [1.54, 1.807) is 6.08 Å². The molecule has 1 aromatic rings. The highest BCUT2D eigenvalue weighted by Gasteiger charge is 2.10. The van der Waals surface area contributed by atoms with Crippen LogP contribution in [0, 0.1) is 0 Å². The second-order valence-corrected chi connectivity index (χ2v) is 3.23. The molecular formula is C11H12N2O3. The minimum atomic E-state index is -0.319. The summed E-state index contributed by atoms with van der Waals surface area (Å²) in [5.41, 5.74) is 1.04. The summed E-state index contributed by atoms with van der Waals surface area (Å²) in [4.78, 5) is 20.6. The third-order valence-corrected chi connectivity index (χ3v) is 2.02. The summed E-state index contributed by atoms with van der Waals surface area (Å²) in [6.45, 7) is 0.828. The average molecular weight is 220 g/mol. The fraction of sp³-hybridized carbons (Fsp3) is 0.182. The van der Waals surface area contributed by atoms with Crippen molar-refractivity contribution in [3.05, 3.63) is 47.9 Å². The number of amides is 2. The number of hydrogen-bond acceptors (Lipinski definition) is 3. The summed E-state index contributed by atoms with van der Waals surface area (Å²) in [6, 6.07) is 9.33. The molecule has 1 aromatic carbocycles. The first-order chi connectivity index (χ1) is 7.84. The summed E-state index contributed by atoms with van der Waals surface area (Å²) in [6.07, 6.45) is 1.64. The van der Waals surface area contributed by atoms with Crippen LogP contribution in [0.3, 0.4) is 0 Å². The Balaban J connectivity index is 1.75. The minimum absolute atomic E-state index is 0.319. The van der Waals surface area contributed by atoms with Gasteiger partial charge in [-0.25, -0.2) is 4.79 Å². The SMILES string of the molecule is O=C(NCc1ccccc1)NC1=CCOO1. The average Bonchev–Trinajstić information content (AvgIpc) is 2.81. The predicted molar refractivity (Wildman–Crippen MR) is 56.9 cm³/mol. The van der Waals surface area contributed by atoms with Gasteiger partial charge in [0.2, 0.25) is 5.88 Å². The lowest BCUT2D eigenvalue weighted by molar-refractivity contribution is -0.236. The number of urea groups is 1. The molecule has 0 saturated carbocycles. The normalized spacial score (nSPS) is 13.9. The number of benzene rings is 1. The number of rotatable bonds is 3. The Kier molecular flexibility index (Phi) is 3.40. The summed E-state index contributed by atoms with van der Waals surface area (Å²) in [5.74, 6) is 0.325. The number of hydrogen-bond donors (Lipinski definition) is 2. The van der Waals surface area contributed by atoms with Gasteiger partial charge in [-0.05, 0) is 5.56 Å². The topological polar surface area (TPSA) is 59.6 Å². The molecule has 1 aliphatic heterocycles. The van der Waals surface area contributed by atoms with E-state index in [2.05, 4.69) is 20.4 Å². The lowest BCUT2D eigenvalue weighted by Gasteiger charge is -2.06. The third-order valence-electron chi connectivity index (χ3n) is 2.02. The zero-order chi connectivity index (χ0) is 11.2. The third kappa shape index (κ3) is 2.99. The van der Waals surface area contributed by atoms with Crippen LogP contribution in [0.5, 0.6) is 0 Å². The first-order valence-electron chi connectivity index (χ1n) is 4.93. The van der Waals surface area contributed by atoms with Crippen LogP contribution in [-0.2, 0) is 16.3 Å². The molecule has 2 rings (SSSR count). The van der Waals surface area contributed by atoms with Crippen LogP contribution >= 0.6 is 0 Å². The largest absolute Gasteiger partial charge is 0.334 e. The van der Waals surface area contributed by atoms with Crippen molar-refractivity contribution in [2.24, 2.45) is 0 Å². The van der Waals surface area contributed by atoms with Gasteiger partial charge in [0, 0.05) is 12.6 Å². The Bertz CT molecular complexity index is 389. The van der Waals surface area contributed by atoms with Gasteiger partial charge >= 0.3 is 6.03 Å².